The number of benzene rings is 1. The molecule has 1 aromatic carbocycles. The summed E-state index contributed by atoms with van der Waals surface area (Å²) in [5.74, 6) is 0.414. The zero-order chi connectivity index (χ0) is 17.3. The van der Waals surface area contributed by atoms with Crippen LogP contribution in [-0.2, 0) is 16.4 Å². The second-order valence-electron chi connectivity index (χ2n) is 5.39. The van der Waals surface area contributed by atoms with Crippen molar-refractivity contribution in [3.63, 3.8) is 0 Å². The number of hydrogen-bond acceptors (Lipinski definition) is 6. The van der Waals surface area contributed by atoms with Gasteiger partial charge in [-0.25, -0.2) is 13.4 Å². The summed E-state index contributed by atoms with van der Waals surface area (Å²) in [6, 6.07) is 4.61. The number of nitrogens with one attached hydrogen (secondary N) is 2. The zero-order valence-corrected chi connectivity index (χ0v) is 14.9. The van der Waals surface area contributed by atoms with Crippen molar-refractivity contribution >= 4 is 32.4 Å². The molecule has 3 rings (SSSR count). The minimum atomic E-state index is -3.78. The molecule has 2 heterocycles. The van der Waals surface area contributed by atoms with Crippen molar-refractivity contribution in [2.24, 2.45) is 0 Å². The highest BCUT2D eigenvalue weighted by Crippen LogP contribution is 2.28. The van der Waals surface area contributed by atoms with Gasteiger partial charge in [0.2, 0.25) is 0 Å². The molecule has 9 heteroatoms. The molecule has 128 valence electrons. The second-order valence-corrected chi connectivity index (χ2v) is 8.07. The summed E-state index contributed by atoms with van der Waals surface area (Å²) < 4.78 is 32.7. The van der Waals surface area contributed by atoms with E-state index in [2.05, 4.69) is 15.0 Å². The van der Waals surface area contributed by atoms with Crippen LogP contribution in [0.15, 0.2) is 23.1 Å². The highest BCUT2D eigenvalue weighted by atomic mass is 32.2. The first-order chi connectivity index (χ1) is 11.4. The van der Waals surface area contributed by atoms with Gasteiger partial charge in [0.05, 0.1) is 17.7 Å². The van der Waals surface area contributed by atoms with Gasteiger partial charge in [-0.2, -0.15) is 0 Å². The lowest BCUT2D eigenvalue weighted by Crippen LogP contribution is -2.21. The largest absolute Gasteiger partial charge is 0.496 e. The Morgan fingerprint density at radius 3 is 2.88 bits per heavy atom. The third-order valence-electron chi connectivity index (χ3n) is 3.68. The number of anilines is 1. The summed E-state index contributed by atoms with van der Waals surface area (Å²) in [6.45, 7) is 2.38. The number of aromatic nitrogens is 1. The average Bonchev–Trinajstić information content (AvgIpc) is 2.85. The van der Waals surface area contributed by atoms with Crippen LogP contribution in [0.25, 0.3) is 0 Å². The summed E-state index contributed by atoms with van der Waals surface area (Å²) in [5, 5.41) is 2.97. The van der Waals surface area contributed by atoms with Gasteiger partial charge in [-0.15, -0.1) is 0 Å². The Balaban J connectivity index is 1.89. The van der Waals surface area contributed by atoms with Gasteiger partial charge in [-0.1, -0.05) is 11.3 Å². The van der Waals surface area contributed by atoms with Gasteiger partial charge >= 0.3 is 0 Å². The Morgan fingerprint density at radius 2 is 2.17 bits per heavy atom. The molecule has 24 heavy (non-hydrogen) atoms. The monoisotopic (exact) mass is 367 g/mol. The number of methoxy groups -OCH3 is 1. The molecule has 0 fully saturated rings. The summed E-state index contributed by atoms with van der Waals surface area (Å²) in [6.07, 6.45) is 1.43. The lowest BCUT2D eigenvalue weighted by atomic mass is 10.2. The molecule has 1 amide bonds. The molecule has 1 aliphatic heterocycles. The van der Waals surface area contributed by atoms with E-state index in [1.165, 1.54) is 19.2 Å². The van der Waals surface area contributed by atoms with Crippen molar-refractivity contribution < 1.29 is 17.9 Å². The summed E-state index contributed by atoms with van der Waals surface area (Å²) >= 11 is 1.05. The molecular formula is C15H17N3O4S2. The predicted octanol–water partition coefficient (Wildman–Crippen LogP) is 1.94. The fourth-order valence-corrected chi connectivity index (χ4v) is 4.72. The van der Waals surface area contributed by atoms with Crippen LogP contribution in [0, 0.1) is 6.92 Å². The number of carbonyl (C=O) groups excluding carboxylic acids is 1. The Bertz CT molecular complexity index is 890. The first kappa shape index (κ1) is 16.7. The number of fused-ring (bicyclic) bond motifs is 1. The van der Waals surface area contributed by atoms with E-state index in [-0.39, 0.29) is 15.9 Å². The highest BCUT2D eigenvalue weighted by molar-refractivity contribution is 7.93. The normalized spacial score (nSPS) is 14.5. The predicted molar refractivity (Wildman–Crippen MR) is 91.3 cm³/mol. The minimum Gasteiger partial charge on any atom is -0.496 e. The number of amides is 1. The minimum absolute atomic E-state index is 0.121. The van der Waals surface area contributed by atoms with E-state index in [1.54, 1.807) is 13.0 Å². The summed E-state index contributed by atoms with van der Waals surface area (Å²) in [4.78, 5) is 16.8. The average molecular weight is 367 g/mol. The molecule has 7 nitrogen and oxygen atoms in total. The third-order valence-corrected chi connectivity index (χ3v) is 6.16. The van der Waals surface area contributed by atoms with Crippen molar-refractivity contribution in [3.05, 3.63) is 34.3 Å². The van der Waals surface area contributed by atoms with E-state index in [4.69, 9.17) is 4.74 Å². The van der Waals surface area contributed by atoms with Crippen molar-refractivity contribution in [2.75, 3.05) is 18.4 Å². The van der Waals surface area contributed by atoms with Gasteiger partial charge in [0.1, 0.15) is 10.6 Å². The van der Waals surface area contributed by atoms with Gasteiger partial charge in [0.15, 0.2) is 5.13 Å². The Labute approximate surface area is 144 Å². The van der Waals surface area contributed by atoms with Crippen LogP contribution in [0.3, 0.4) is 0 Å². The number of rotatable bonds is 4. The molecule has 0 atom stereocenters. The van der Waals surface area contributed by atoms with Crippen molar-refractivity contribution in [2.45, 2.75) is 24.7 Å². The number of carbonyl (C=O) groups is 1. The molecule has 2 N–H and O–H groups in total. The van der Waals surface area contributed by atoms with E-state index in [9.17, 15) is 13.2 Å². The molecule has 1 aromatic heterocycles. The highest BCUT2D eigenvalue weighted by Gasteiger charge is 2.23. The Morgan fingerprint density at radius 1 is 1.38 bits per heavy atom. The van der Waals surface area contributed by atoms with Crippen molar-refractivity contribution in [3.8, 4) is 5.75 Å². The van der Waals surface area contributed by atoms with Gasteiger partial charge < -0.3 is 10.1 Å². The van der Waals surface area contributed by atoms with Crippen LogP contribution < -0.4 is 14.8 Å². The first-order valence-electron chi connectivity index (χ1n) is 7.36. The molecule has 0 bridgehead atoms. The molecular weight excluding hydrogens is 350 g/mol. The van der Waals surface area contributed by atoms with Gasteiger partial charge in [0.25, 0.3) is 15.9 Å². The number of ether oxygens (including phenoxy) is 1. The maximum absolute atomic E-state index is 12.5. The molecule has 0 saturated carbocycles. The quantitative estimate of drug-likeness (QED) is 0.861. The second kappa shape index (κ2) is 6.40. The molecule has 1 aliphatic rings. The molecule has 0 saturated heterocycles. The van der Waals surface area contributed by atoms with Gasteiger partial charge in [-0.05, 0) is 43.5 Å². The van der Waals surface area contributed by atoms with E-state index in [0.29, 0.717) is 29.3 Å². The summed E-state index contributed by atoms with van der Waals surface area (Å²) in [7, 11) is -2.25. The molecule has 0 spiro atoms. The standard InChI is InChI=1S/C15H17N3O4S2/c1-9-8-10(5-6-12(9)22-2)24(20,21)18-15-17-11-4-3-7-16-14(19)13(11)23-15/h5-6,8H,3-4,7H2,1-2H3,(H,16,19)(H,17,18). The smallest absolute Gasteiger partial charge is 0.263 e. The fraction of sp³-hybridized carbons (Fsp3) is 0.333. The van der Waals surface area contributed by atoms with Crippen LogP contribution >= 0.6 is 11.3 Å². The molecule has 0 radical (unpaired) electrons. The van der Waals surface area contributed by atoms with Crippen LogP contribution in [0.2, 0.25) is 0 Å². The zero-order valence-electron chi connectivity index (χ0n) is 13.3. The van der Waals surface area contributed by atoms with Crippen LogP contribution in [0.5, 0.6) is 5.75 Å². The first-order valence-corrected chi connectivity index (χ1v) is 9.66. The third kappa shape index (κ3) is 3.22. The topological polar surface area (TPSA) is 97.4 Å². The fourth-order valence-electron chi connectivity index (χ4n) is 2.47. The molecule has 0 unspecified atom stereocenters. The van der Waals surface area contributed by atoms with Crippen molar-refractivity contribution in [1.29, 1.82) is 0 Å². The lowest BCUT2D eigenvalue weighted by Gasteiger charge is -2.09. The van der Waals surface area contributed by atoms with E-state index in [1.807, 2.05) is 0 Å². The number of hydrogen-bond donors (Lipinski definition) is 2. The summed E-state index contributed by atoms with van der Waals surface area (Å²) in [5.41, 5.74) is 1.35. The van der Waals surface area contributed by atoms with Crippen LogP contribution in [0.4, 0.5) is 5.13 Å². The SMILES string of the molecule is COc1ccc(S(=O)(=O)Nc2nc3c(s2)C(=O)NCCC3)cc1C. The van der Waals surface area contributed by atoms with Crippen LogP contribution in [0.1, 0.15) is 27.3 Å². The number of nitrogens with zero attached hydrogens (tertiary/aromatic N) is 1. The Kier molecular flexibility index (Phi) is 4.46. The van der Waals surface area contributed by atoms with Crippen LogP contribution in [-0.4, -0.2) is 33.0 Å². The Hall–Kier alpha value is -2.13. The van der Waals surface area contributed by atoms with E-state index >= 15 is 0 Å². The maximum atomic E-state index is 12.5. The number of thiazole rings is 1. The number of aryl methyl sites for hydroxylation is 2. The van der Waals surface area contributed by atoms with E-state index in [0.717, 1.165) is 23.3 Å². The molecule has 0 aliphatic carbocycles. The van der Waals surface area contributed by atoms with Gasteiger partial charge in [0, 0.05) is 6.54 Å². The maximum Gasteiger partial charge on any atom is 0.263 e. The molecule has 2 aromatic rings. The van der Waals surface area contributed by atoms with E-state index < -0.39 is 10.0 Å². The van der Waals surface area contributed by atoms with Crippen molar-refractivity contribution in [1.82, 2.24) is 10.3 Å². The number of sulfonamides is 1. The van der Waals surface area contributed by atoms with Gasteiger partial charge in [-0.3, -0.25) is 9.52 Å². The lowest BCUT2D eigenvalue weighted by molar-refractivity contribution is 0.0960.